The number of hydrogen-bond acceptors (Lipinski definition) is 5. The van der Waals surface area contributed by atoms with Crippen LogP contribution in [0.1, 0.15) is 24.0 Å². The van der Waals surface area contributed by atoms with Crippen LogP contribution in [0.15, 0.2) is 30.5 Å². The number of ketones is 1. The first kappa shape index (κ1) is 13.8. The maximum absolute atomic E-state index is 11.5. The van der Waals surface area contributed by atoms with Crippen LogP contribution >= 0.6 is 11.8 Å². The summed E-state index contributed by atoms with van der Waals surface area (Å²) >= 11 is 5.53. The van der Waals surface area contributed by atoms with Gasteiger partial charge in [-0.3, -0.25) is 9.63 Å². The van der Waals surface area contributed by atoms with E-state index in [4.69, 9.17) is 11.8 Å². The van der Waals surface area contributed by atoms with Gasteiger partial charge in [0.2, 0.25) is 5.95 Å². The molecule has 1 aromatic carbocycles. The summed E-state index contributed by atoms with van der Waals surface area (Å²) in [6.45, 7) is 0. The number of Topliss-reactive ketones (excluding diaryl/α,β-unsaturated/α-hetero) is 1. The molecule has 0 bridgehead atoms. The molecule has 0 radical (unpaired) electrons. The van der Waals surface area contributed by atoms with Crippen molar-refractivity contribution in [1.82, 2.24) is 9.97 Å². The first-order valence-corrected chi connectivity index (χ1v) is 7.22. The number of carbonyl (C=O) groups excluding carboxylic acids is 1. The molecule has 3 rings (SSSR count). The third-order valence-electron chi connectivity index (χ3n) is 3.56. The van der Waals surface area contributed by atoms with Gasteiger partial charge in [-0.2, -0.15) is 4.98 Å². The highest BCUT2D eigenvalue weighted by atomic mass is 35.5. The molecule has 0 amide bonds. The molecule has 108 valence electrons. The zero-order valence-electron chi connectivity index (χ0n) is 11.4. The van der Waals surface area contributed by atoms with Gasteiger partial charge in [-0.1, -0.05) is 6.07 Å². The predicted octanol–water partition coefficient (Wildman–Crippen LogP) is 3.23. The van der Waals surface area contributed by atoms with E-state index in [1.54, 1.807) is 12.3 Å². The van der Waals surface area contributed by atoms with Crippen LogP contribution in [-0.4, -0.2) is 15.8 Å². The monoisotopic (exact) mass is 302 g/mol. The Kier molecular flexibility index (Phi) is 4.01. The van der Waals surface area contributed by atoms with Crippen molar-refractivity contribution in [3.63, 3.8) is 0 Å². The van der Waals surface area contributed by atoms with Crippen LogP contribution < -0.4 is 10.2 Å². The summed E-state index contributed by atoms with van der Waals surface area (Å²) in [7, 11) is 0. The van der Waals surface area contributed by atoms with Gasteiger partial charge in [-0.25, -0.2) is 4.98 Å². The van der Waals surface area contributed by atoms with Gasteiger partial charge < -0.3 is 5.32 Å². The Morgan fingerprint density at radius 3 is 2.67 bits per heavy atom. The first-order valence-electron chi connectivity index (χ1n) is 6.85. The number of nitrogens with one attached hydrogen (secondary N) is 2. The maximum atomic E-state index is 11.5. The molecule has 0 fully saturated rings. The van der Waals surface area contributed by atoms with Gasteiger partial charge in [0.1, 0.15) is 11.6 Å². The molecule has 2 aromatic rings. The van der Waals surface area contributed by atoms with Crippen LogP contribution in [-0.2, 0) is 17.6 Å². The van der Waals surface area contributed by atoms with Gasteiger partial charge >= 0.3 is 0 Å². The first-order chi connectivity index (χ1) is 10.2. The molecule has 2 N–H and O–H groups in total. The van der Waals surface area contributed by atoms with E-state index in [1.165, 1.54) is 11.1 Å². The molecule has 21 heavy (non-hydrogen) atoms. The number of halogens is 1. The molecule has 0 spiro atoms. The van der Waals surface area contributed by atoms with Gasteiger partial charge in [-0.05, 0) is 36.1 Å². The summed E-state index contributed by atoms with van der Waals surface area (Å²) in [6, 6.07) is 7.80. The SMILES string of the molecule is O=C1CCc2ccc(Nc3nccc(NCl)n3)cc2CC1. The minimum Gasteiger partial charge on any atom is -0.324 e. The third kappa shape index (κ3) is 3.31. The van der Waals surface area contributed by atoms with E-state index in [0.29, 0.717) is 30.4 Å². The Balaban J connectivity index is 1.82. The number of hydrogen-bond donors (Lipinski definition) is 2. The average Bonchev–Trinajstić information content (AvgIpc) is 2.69. The van der Waals surface area contributed by atoms with Crippen LogP contribution in [0.2, 0.25) is 0 Å². The third-order valence-corrected chi connectivity index (χ3v) is 3.75. The Bertz CT molecular complexity index is 674. The lowest BCUT2D eigenvalue weighted by atomic mass is 10.0. The lowest BCUT2D eigenvalue weighted by Crippen LogP contribution is -2.00. The molecular weight excluding hydrogens is 288 g/mol. The average molecular weight is 303 g/mol. The van der Waals surface area contributed by atoms with Crippen LogP contribution in [0.25, 0.3) is 0 Å². The quantitative estimate of drug-likeness (QED) is 0.673. The largest absolute Gasteiger partial charge is 0.324 e. The number of fused-ring (bicyclic) bond motifs is 1. The second-order valence-electron chi connectivity index (χ2n) is 5.01. The molecular formula is C15H15ClN4O. The van der Waals surface area contributed by atoms with E-state index in [1.807, 2.05) is 6.07 Å². The number of aryl methyl sites for hydroxylation is 2. The van der Waals surface area contributed by atoms with E-state index in [9.17, 15) is 4.79 Å². The van der Waals surface area contributed by atoms with Crippen molar-refractivity contribution < 1.29 is 4.79 Å². The Morgan fingerprint density at radius 1 is 1.05 bits per heavy atom. The second-order valence-corrected chi connectivity index (χ2v) is 5.20. The standard InChI is InChI=1S/C15H15ClN4O/c16-20-14-7-8-17-15(19-14)18-12-4-1-10-2-5-13(21)6-3-11(10)9-12/h1,4,7-9H,2-3,5-6H2,(H2,17,18,19,20). The fourth-order valence-corrected chi connectivity index (χ4v) is 2.56. The summed E-state index contributed by atoms with van der Waals surface area (Å²) in [5, 5.41) is 3.15. The molecule has 1 aliphatic rings. The van der Waals surface area contributed by atoms with Gasteiger partial charge in [-0.15, -0.1) is 0 Å². The Labute approximate surface area is 127 Å². The van der Waals surface area contributed by atoms with Gasteiger partial charge in [0.15, 0.2) is 0 Å². The summed E-state index contributed by atoms with van der Waals surface area (Å²) in [5.41, 5.74) is 3.38. The molecule has 6 heteroatoms. The maximum Gasteiger partial charge on any atom is 0.229 e. The fourth-order valence-electron chi connectivity index (χ4n) is 2.45. The van der Waals surface area contributed by atoms with Gasteiger partial charge in [0, 0.05) is 42.6 Å². The minimum atomic E-state index is 0.338. The van der Waals surface area contributed by atoms with E-state index in [0.717, 1.165) is 18.5 Å². The fraction of sp³-hybridized carbons (Fsp3) is 0.267. The van der Waals surface area contributed by atoms with Crippen molar-refractivity contribution in [2.24, 2.45) is 0 Å². The summed E-state index contributed by atoms with van der Waals surface area (Å²) in [6.07, 6.45) is 4.53. The normalized spacial score (nSPS) is 14.2. The molecule has 1 aliphatic carbocycles. The number of nitrogens with zero attached hydrogens (tertiary/aromatic N) is 2. The topological polar surface area (TPSA) is 66.9 Å². The number of rotatable bonds is 3. The Morgan fingerprint density at radius 2 is 1.86 bits per heavy atom. The van der Waals surface area contributed by atoms with E-state index < -0.39 is 0 Å². The van der Waals surface area contributed by atoms with Crippen molar-refractivity contribution in [2.75, 3.05) is 10.2 Å². The van der Waals surface area contributed by atoms with Crippen molar-refractivity contribution >= 4 is 35.0 Å². The lowest BCUT2D eigenvalue weighted by molar-refractivity contribution is -0.118. The molecule has 0 aliphatic heterocycles. The summed E-state index contributed by atoms with van der Waals surface area (Å²) < 4.78 is 0. The van der Waals surface area contributed by atoms with Crippen LogP contribution in [0.4, 0.5) is 17.5 Å². The predicted molar refractivity (Wildman–Crippen MR) is 82.9 cm³/mol. The van der Waals surface area contributed by atoms with Crippen molar-refractivity contribution in [3.05, 3.63) is 41.6 Å². The van der Waals surface area contributed by atoms with Gasteiger partial charge in [0.05, 0.1) is 0 Å². The van der Waals surface area contributed by atoms with E-state index in [2.05, 4.69) is 32.3 Å². The van der Waals surface area contributed by atoms with Crippen LogP contribution in [0.5, 0.6) is 0 Å². The number of carbonyl (C=O) groups is 1. The molecule has 1 heterocycles. The van der Waals surface area contributed by atoms with Crippen molar-refractivity contribution in [2.45, 2.75) is 25.7 Å². The number of aromatic nitrogens is 2. The zero-order valence-corrected chi connectivity index (χ0v) is 12.2. The minimum absolute atomic E-state index is 0.338. The van der Waals surface area contributed by atoms with Crippen molar-refractivity contribution in [3.8, 4) is 0 Å². The zero-order chi connectivity index (χ0) is 14.7. The van der Waals surface area contributed by atoms with E-state index >= 15 is 0 Å². The Hall–Kier alpha value is -2.14. The lowest BCUT2D eigenvalue weighted by Gasteiger charge is -2.10. The second kappa shape index (κ2) is 6.10. The molecule has 0 unspecified atom stereocenters. The highest BCUT2D eigenvalue weighted by Gasteiger charge is 2.13. The molecule has 1 aromatic heterocycles. The molecule has 0 saturated heterocycles. The molecule has 5 nitrogen and oxygen atoms in total. The number of benzene rings is 1. The number of anilines is 3. The van der Waals surface area contributed by atoms with Crippen LogP contribution in [0, 0.1) is 0 Å². The summed E-state index contributed by atoms with van der Waals surface area (Å²) in [5.74, 6) is 1.35. The smallest absolute Gasteiger partial charge is 0.229 e. The van der Waals surface area contributed by atoms with Crippen LogP contribution in [0.3, 0.4) is 0 Å². The highest BCUT2D eigenvalue weighted by molar-refractivity contribution is 6.23. The highest BCUT2D eigenvalue weighted by Crippen LogP contribution is 2.24. The van der Waals surface area contributed by atoms with Gasteiger partial charge in [0.25, 0.3) is 0 Å². The molecule has 0 saturated carbocycles. The van der Waals surface area contributed by atoms with Crippen molar-refractivity contribution in [1.29, 1.82) is 0 Å². The summed E-state index contributed by atoms with van der Waals surface area (Å²) in [4.78, 5) is 22.4. The molecule has 0 atom stereocenters. The van der Waals surface area contributed by atoms with E-state index in [-0.39, 0.29) is 0 Å².